The first-order chi connectivity index (χ1) is 16.2. The van der Waals surface area contributed by atoms with Crippen molar-refractivity contribution >= 4 is 23.7 Å². The monoisotopic (exact) mass is 479 g/mol. The number of hydrogen-bond acceptors (Lipinski definition) is 7. The molecule has 192 valence electrons. The van der Waals surface area contributed by atoms with Gasteiger partial charge in [-0.3, -0.25) is 29.0 Å². The van der Waals surface area contributed by atoms with Crippen molar-refractivity contribution in [3.8, 4) is 0 Å². The lowest BCUT2D eigenvalue weighted by atomic mass is 9.88. The van der Waals surface area contributed by atoms with Crippen LogP contribution in [0, 0.1) is 0 Å². The van der Waals surface area contributed by atoms with E-state index in [0.717, 1.165) is 57.0 Å². The molecule has 0 radical (unpaired) electrons. The predicted molar refractivity (Wildman–Crippen MR) is 129 cm³/mol. The van der Waals surface area contributed by atoms with Gasteiger partial charge in [0.25, 0.3) is 11.8 Å². The van der Waals surface area contributed by atoms with Crippen LogP contribution in [0.1, 0.15) is 46.5 Å². The maximum atomic E-state index is 12.3. The lowest BCUT2D eigenvalue weighted by Gasteiger charge is -2.46. The molecule has 0 bridgehead atoms. The number of imide groups is 1. The number of likely N-dealkylation sites (N-methyl/N-ethyl adjacent to an activating group) is 3. The van der Waals surface area contributed by atoms with Gasteiger partial charge in [0.1, 0.15) is 0 Å². The van der Waals surface area contributed by atoms with E-state index in [-0.39, 0.29) is 42.9 Å². The summed E-state index contributed by atoms with van der Waals surface area (Å²) in [7, 11) is 0. The number of carboxylic acid groups (broad SMARTS) is 1. The third-order valence-electron chi connectivity index (χ3n) is 6.90. The molecule has 0 saturated carbocycles. The van der Waals surface area contributed by atoms with E-state index < -0.39 is 5.97 Å². The Morgan fingerprint density at radius 1 is 1.03 bits per heavy atom. The molecule has 0 spiro atoms. The van der Waals surface area contributed by atoms with Crippen LogP contribution in [0.3, 0.4) is 0 Å². The van der Waals surface area contributed by atoms with Crippen LogP contribution in [-0.2, 0) is 19.2 Å². The number of aliphatic carboxylic acids is 1. The third-order valence-corrected chi connectivity index (χ3v) is 6.90. The summed E-state index contributed by atoms with van der Waals surface area (Å²) in [6, 6.07) is 0. The van der Waals surface area contributed by atoms with E-state index in [4.69, 9.17) is 0 Å². The summed E-state index contributed by atoms with van der Waals surface area (Å²) < 4.78 is 0. The molecule has 10 nitrogen and oxygen atoms in total. The van der Waals surface area contributed by atoms with Gasteiger partial charge in [0, 0.05) is 63.4 Å². The molecular weight excluding hydrogens is 438 g/mol. The highest BCUT2D eigenvalue weighted by molar-refractivity contribution is 6.12. The lowest BCUT2D eigenvalue weighted by molar-refractivity contribution is -0.141. The van der Waals surface area contributed by atoms with Crippen molar-refractivity contribution in [1.82, 2.24) is 24.9 Å². The molecule has 0 aromatic heterocycles. The van der Waals surface area contributed by atoms with Gasteiger partial charge in [0.05, 0.1) is 6.54 Å². The summed E-state index contributed by atoms with van der Waals surface area (Å²) >= 11 is 0. The number of unbranched alkanes of at least 4 members (excludes halogenated alkanes) is 1. The van der Waals surface area contributed by atoms with E-state index in [2.05, 4.69) is 33.9 Å². The molecule has 0 unspecified atom stereocenters. The van der Waals surface area contributed by atoms with Crippen LogP contribution in [0.5, 0.6) is 0 Å². The van der Waals surface area contributed by atoms with Crippen LogP contribution >= 0.6 is 0 Å². The topological polar surface area (TPSA) is 114 Å². The molecule has 0 atom stereocenters. The molecule has 34 heavy (non-hydrogen) atoms. The van der Waals surface area contributed by atoms with Crippen LogP contribution < -0.4 is 5.32 Å². The predicted octanol–water partition coefficient (Wildman–Crippen LogP) is 0.391. The highest BCUT2D eigenvalue weighted by Gasteiger charge is 2.41. The van der Waals surface area contributed by atoms with E-state index in [1.165, 1.54) is 12.2 Å². The van der Waals surface area contributed by atoms with Gasteiger partial charge in [-0.2, -0.15) is 0 Å². The maximum Gasteiger partial charge on any atom is 0.317 e. The smallest absolute Gasteiger partial charge is 0.317 e. The zero-order valence-corrected chi connectivity index (χ0v) is 20.9. The van der Waals surface area contributed by atoms with Gasteiger partial charge in [-0.25, -0.2) is 0 Å². The molecule has 0 aromatic carbocycles. The zero-order chi connectivity index (χ0) is 25.1. The fourth-order valence-electron chi connectivity index (χ4n) is 4.94. The van der Waals surface area contributed by atoms with Crippen molar-refractivity contribution in [2.75, 3.05) is 65.4 Å². The Balaban J connectivity index is 1.92. The van der Waals surface area contributed by atoms with Crippen molar-refractivity contribution in [1.29, 1.82) is 0 Å². The molecule has 2 N–H and O–H groups in total. The zero-order valence-electron chi connectivity index (χ0n) is 20.9. The largest absolute Gasteiger partial charge is 0.480 e. The van der Waals surface area contributed by atoms with Crippen molar-refractivity contribution in [2.24, 2.45) is 0 Å². The Kier molecular flexibility index (Phi) is 11.1. The Morgan fingerprint density at radius 2 is 1.62 bits per heavy atom. The fraction of sp³-hybridized carbons (Fsp3) is 0.750. The van der Waals surface area contributed by atoms with Crippen LogP contribution in [0.4, 0.5) is 0 Å². The second-order valence-corrected chi connectivity index (χ2v) is 9.09. The molecule has 2 aliphatic rings. The Morgan fingerprint density at radius 3 is 2.12 bits per heavy atom. The number of nitrogens with one attached hydrogen (secondary N) is 1. The number of carbonyl (C=O) groups excluding carboxylic acids is 3. The molecule has 1 saturated heterocycles. The summed E-state index contributed by atoms with van der Waals surface area (Å²) in [5.74, 6) is -1.62. The van der Waals surface area contributed by atoms with Crippen molar-refractivity contribution in [2.45, 2.75) is 52.0 Å². The van der Waals surface area contributed by atoms with Crippen LogP contribution in [0.15, 0.2) is 12.2 Å². The van der Waals surface area contributed by atoms with Crippen LogP contribution in [0.2, 0.25) is 0 Å². The number of nitrogens with zero attached hydrogens (tertiary/aromatic N) is 4. The minimum absolute atomic E-state index is 0.00882. The summed E-state index contributed by atoms with van der Waals surface area (Å²) in [5, 5.41) is 12.3. The second-order valence-electron chi connectivity index (χ2n) is 9.09. The van der Waals surface area contributed by atoms with Gasteiger partial charge in [-0.1, -0.05) is 27.2 Å². The van der Waals surface area contributed by atoms with Crippen molar-refractivity contribution < 1.29 is 24.3 Å². The second kappa shape index (κ2) is 13.6. The Bertz CT molecular complexity index is 724. The maximum absolute atomic E-state index is 12.3. The minimum Gasteiger partial charge on any atom is -0.480 e. The van der Waals surface area contributed by atoms with Gasteiger partial charge in [0.15, 0.2) is 0 Å². The molecule has 2 rings (SSSR count). The third kappa shape index (κ3) is 7.89. The van der Waals surface area contributed by atoms with Gasteiger partial charge in [-0.15, -0.1) is 0 Å². The van der Waals surface area contributed by atoms with E-state index in [1.54, 1.807) is 0 Å². The number of carboxylic acids is 1. The molecule has 10 heteroatoms. The Labute approximate surface area is 202 Å². The quantitative estimate of drug-likeness (QED) is 0.272. The first-order valence-corrected chi connectivity index (χ1v) is 12.5. The standard InChI is InChI=1S/C24H41N5O5/c1-4-26-15-16-27(5-2)19-24(18-26,28(6-3)17-23(33)34)12-8-7-9-20(30)25-13-14-29-21(31)10-11-22(29)32/h10-11H,4-9,12-19H2,1-3H3,(H,25,30)(H,33,34). The average Bonchev–Trinajstić information content (AvgIpc) is 3.02. The molecule has 0 aromatic rings. The van der Waals surface area contributed by atoms with E-state index in [0.29, 0.717) is 19.4 Å². The molecule has 3 amide bonds. The minimum atomic E-state index is -0.818. The fourth-order valence-corrected chi connectivity index (χ4v) is 4.94. The number of carbonyl (C=O) groups is 4. The highest BCUT2D eigenvalue weighted by Crippen LogP contribution is 2.28. The van der Waals surface area contributed by atoms with Crippen molar-refractivity contribution in [3.63, 3.8) is 0 Å². The molecule has 1 fully saturated rings. The Hall–Kier alpha value is -2.30. The lowest BCUT2D eigenvalue weighted by Crippen LogP contribution is -2.60. The molecule has 2 aliphatic heterocycles. The number of hydrogen-bond donors (Lipinski definition) is 2. The van der Waals surface area contributed by atoms with Crippen molar-refractivity contribution in [3.05, 3.63) is 12.2 Å². The molecule has 2 heterocycles. The first kappa shape index (κ1) is 27.9. The molecular formula is C24H41N5O5. The summed E-state index contributed by atoms with van der Waals surface area (Å²) in [5.41, 5.74) is -0.282. The van der Waals surface area contributed by atoms with Gasteiger partial charge in [0.2, 0.25) is 5.91 Å². The van der Waals surface area contributed by atoms with E-state index >= 15 is 0 Å². The highest BCUT2D eigenvalue weighted by atomic mass is 16.4. The van der Waals surface area contributed by atoms with E-state index in [9.17, 15) is 24.3 Å². The first-order valence-electron chi connectivity index (χ1n) is 12.5. The molecule has 0 aliphatic carbocycles. The summed E-state index contributed by atoms with van der Waals surface area (Å²) in [6.45, 7) is 12.8. The van der Waals surface area contributed by atoms with Gasteiger partial charge >= 0.3 is 5.97 Å². The van der Waals surface area contributed by atoms with Crippen LogP contribution in [0.25, 0.3) is 0 Å². The average molecular weight is 480 g/mol. The number of amides is 3. The summed E-state index contributed by atoms with van der Waals surface area (Å²) in [6.07, 6.45) is 5.14. The van der Waals surface area contributed by atoms with E-state index in [1.807, 2.05) is 6.92 Å². The van der Waals surface area contributed by atoms with Gasteiger partial charge in [-0.05, 0) is 32.5 Å². The normalized spacial score (nSPS) is 19.1. The number of rotatable bonds is 14. The summed E-state index contributed by atoms with van der Waals surface area (Å²) in [4.78, 5) is 55.1. The van der Waals surface area contributed by atoms with Crippen LogP contribution in [-0.4, -0.2) is 119 Å². The van der Waals surface area contributed by atoms with Gasteiger partial charge < -0.3 is 20.2 Å². The SMILES string of the molecule is CCN1CCN(CC)CC(CCCCC(=O)NCCN2C(=O)C=CC2=O)(N(CC)CC(=O)O)C1.